The normalized spacial score (nSPS) is 20.4. The minimum absolute atomic E-state index is 0.105. The van der Waals surface area contributed by atoms with Gasteiger partial charge in [-0.2, -0.15) is 13.2 Å². The lowest BCUT2D eigenvalue weighted by Crippen LogP contribution is -2.29. The number of halogens is 3. The third-order valence-electron chi connectivity index (χ3n) is 3.93. The summed E-state index contributed by atoms with van der Waals surface area (Å²) >= 11 is 0. The second-order valence-electron chi connectivity index (χ2n) is 5.83. The first kappa shape index (κ1) is 17.0. The van der Waals surface area contributed by atoms with Crippen LogP contribution in [-0.2, 0) is 22.6 Å². The molecule has 0 bridgehead atoms. The lowest BCUT2D eigenvalue weighted by molar-refractivity contribution is -0.137. The summed E-state index contributed by atoms with van der Waals surface area (Å²) in [6, 6.07) is 8.10. The average molecular weight is 359 g/mol. The number of rotatable bonds is 4. The molecule has 1 aliphatic heterocycles. The van der Waals surface area contributed by atoms with Crippen LogP contribution in [0.3, 0.4) is 0 Å². The maximum absolute atomic E-state index is 12.8. The van der Waals surface area contributed by atoms with Crippen molar-refractivity contribution in [2.24, 2.45) is 0 Å². The van der Waals surface area contributed by atoms with Gasteiger partial charge in [0.25, 0.3) is 0 Å². The highest BCUT2D eigenvalue weighted by atomic mass is 32.2. The Kier molecular flexibility index (Phi) is 4.44. The first-order valence-corrected chi connectivity index (χ1v) is 9.25. The fourth-order valence-electron chi connectivity index (χ4n) is 2.68. The first-order chi connectivity index (χ1) is 11.2. The summed E-state index contributed by atoms with van der Waals surface area (Å²) in [5.74, 6) is 1.18. The molecule has 4 nitrogen and oxygen atoms in total. The van der Waals surface area contributed by atoms with Crippen molar-refractivity contribution >= 4 is 9.84 Å². The summed E-state index contributed by atoms with van der Waals surface area (Å²) in [5, 5.41) is 3.10. The summed E-state index contributed by atoms with van der Waals surface area (Å²) < 4.78 is 66.6. The number of furan rings is 1. The highest BCUT2D eigenvalue weighted by Gasteiger charge is 2.30. The number of benzene rings is 1. The largest absolute Gasteiger partial charge is 0.460 e. The zero-order valence-electron chi connectivity index (χ0n) is 12.6. The van der Waals surface area contributed by atoms with Crippen molar-refractivity contribution in [2.45, 2.75) is 25.2 Å². The summed E-state index contributed by atoms with van der Waals surface area (Å²) in [5.41, 5.74) is -0.383. The SMILES string of the molecule is O=S1(=O)CC[C@@H](NCc2ccc(-c3cccc(C(F)(F)F)c3)o2)C1. The van der Waals surface area contributed by atoms with Crippen molar-refractivity contribution in [3.05, 3.63) is 47.7 Å². The molecule has 1 fully saturated rings. The fraction of sp³-hybridized carbons (Fsp3) is 0.375. The Hall–Kier alpha value is -1.80. The van der Waals surface area contributed by atoms with Crippen LogP contribution in [0, 0.1) is 0 Å². The molecule has 8 heteroatoms. The van der Waals surface area contributed by atoms with Crippen LogP contribution in [0.1, 0.15) is 17.7 Å². The van der Waals surface area contributed by atoms with Gasteiger partial charge in [-0.1, -0.05) is 12.1 Å². The molecule has 0 radical (unpaired) electrons. The fourth-order valence-corrected chi connectivity index (χ4v) is 4.39. The zero-order valence-corrected chi connectivity index (χ0v) is 13.5. The lowest BCUT2D eigenvalue weighted by atomic mass is 10.1. The highest BCUT2D eigenvalue weighted by Crippen LogP contribution is 2.32. The standard InChI is InChI=1S/C16H16F3NO3S/c17-16(18,19)12-3-1-2-11(8-12)15-5-4-14(23-15)9-20-13-6-7-24(21,22)10-13/h1-5,8,13,20H,6-7,9-10H2/t13-/m1/s1. The lowest BCUT2D eigenvalue weighted by Gasteiger charge is -2.09. The molecule has 1 aromatic carbocycles. The van der Waals surface area contributed by atoms with Crippen LogP contribution < -0.4 is 5.32 Å². The van der Waals surface area contributed by atoms with E-state index >= 15 is 0 Å². The minimum Gasteiger partial charge on any atom is -0.460 e. The molecule has 3 rings (SSSR count). The molecule has 0 aliphatic carbocycles. The molecule has 0 saturated carbocycles. The molecule has 130 valence electrons. The monoisotopic (exact) mass is 359 g/mol. The van der Waals surface area contributed by atoms with Gasteiger partial charge >= 0.3 is 6.18 Å². The Morgan fingerprint density at radius 1 is 1.21 bits per heavy atom. The second kappa shape index (κ2) is 6.25. The molecular weight excluding hydrogens is 343 g/mol. The van der Waals surface area contributed by atoms with E-state index in [1.54, 1.807) is 18.2 Å². The average Bonchev–Trinajstić information content (AvgIpc) is 3.11. The third-order valence-corrected chi connectivity index (χ3v) is 5.70. The number of nitrogens with one attached hydrogen (secondary N) is 1. The Morgan fingerprint density at radius 3 is 2.67 bits per heavy atom. The van der Waals surface area contributed by atoms with Gasteiger partial charge in [-0.3, -0.25) is 0 Å². The van der Waals surface area contributed by atoms with Crippen molar-refractivity contribution < 1.29 is 26.0 Å². The number of alkyl halides is 3. The van der Waals surface area contributed by atoms with Crippen molar-refractivity contribution in [3.8, 4) is 11.3 Å². The molecule has 1 atom stereocenters. The first-order valence-electron chi connectivity index (χ1n) is 7.43. The van der Waals surface area contributed by atoms with Gasteiger partial charge in [-0.05, 0) is 30.7 Å². The number of hydrogen-bond donors (Lipinski definition) is 1. The van der Waals surface area contributed by atoms with E-state index in [1.807, 2.05) is 0 Å². The van der Waals surface area contributed by atoms with Crippen LogP contribution in [0.4, 0.5) is 13.2 Å². The van der Waals surface area contributed by atoms with Crippen LogP contribution in [0.2, 0.25) is 0 Å². The van der Waals surface area contributed by atoms with Gasteiger partial charge in [-0.15, -0.1) is 0 Å². The van der Waals surface area contributed by atoms with E-state index in [1.165, 1.54) is 6.07 Å². The quantitative estimate of drug-likeness (QED) is 0.910. The van der Waals surface area contributed by atoms with Crippen LogP contribution >= 0.6 is 0 Å². The van der Waals surface area contributed by atoms with Gasteiger partial charge in [0.1, 0.15) is 11.5 Å². The van der Waals surface area contributed by atoms with Gasteiger partial charge in [-0.25, -0.2) is 8.42 Å². The molecule has 1 aromatic heterocycles. The van der Waals surface area contributed by atoms with Gasteiger partial charge in [0.05, 0.1) is 23.6 Å². The number of sulfone groups is 1. The number of hydrogen-bond acceptors (Lipinski definition) is 4. The summed E-state index contributed by atoms with van der Waals surface area (Å²) in [6.45, 7) is 0.332. The summed E-state index contributed by atoms with van der Waals surface area (Å²) in [6.07, 6.45) is -3.84. The second-order valence-corrected chi connectivity index (χ2v) is 8.05. The van der Waals surface area contributed by atoms with Crippen molar-refractivity contribution in [1.82, 2.24) is 5.32 Å². The molecule has 2 aromatic rings. The van der Waals surface area contributed by atoms with Crippen LogP contribution in [-0.4, -0.2) is 26.0 Å². The van der Waals surface area contributed by atoms with Crippen molar-refractivity contribution in [3.63, 3.8) is 0 Å². The van der Waals surface area contributed by atoms with Gasteiger partial charge in [0.2, 0.25) is 0 Å². The van der Waals surface area contributed by atoms with Crippen molar-refractivity contribution in [1.29, 1.82) is 0 Å². The Balaban J connectivity index is 1.68. The molecular formula is C16H16F3NO3S. The molecule has 2 heterocycles. The maximum atomic E-state index is 12.8. The van der Waals surface area contributed by atoms with Crippen LogP contribution in [0.5, 0.6) is 0 Å². The van der Waals surface area contributed by atoms with Gasteiger partial charge in [0.15, 0.2) is 9.84 Å². The van der Waals surface area contributed by atoms with Crippen LogP contribution in [0.15, 0.2) is 40.8 Å². The Bertz CT molecular complexity index is 827. The highest BCUT2D eigenvalue weighted by molar-refractivity contribution is 7.91. The Labute approximate surface area is 137 Å². The molecule has 1 aliphatic rings. The summed E-state index contributed by atoms with van der Waals surface area (Å²) in [7, 11) is -2.96. The minimum atomic E-state index is -4.40. The van der Waals surface area contributed by atoms with Gasteiger partial charge in [0, 0.05) is 11.6 Å². The molecule has 1 saturated heterocycles. The Morgan fingerprint density at radius 2 is 2.00 bits per heavy atom. The molecule has 24 heavy (non-hydrogen) atoms. The smallest absolute Gasteiger partial charge is 0.416 e. The van der Waals surface area contributed by atoms with E-state index in [9.17, 15) is 21.6 Å². The van der Waals surface area contributed by atoms with Crippen LogP contribution in [0.25, 0.3) is 11.3 Å². The van der Waals surface area contributed by atoms with E-state index in [0.717, 1.165) is 12.1 Å². The van der Waals surface area contributed by atoms with Crippen molar-refractivity contribution in [2.75, 3.05) is 11.5 Å². The van der Waals surface area contributed by atoms with E-state index in [-0.39, 0.29) is 17.5 Å². The zero-order chi connectivity index (χ0) is 17.4. The molecule has 1 N–H and O–H groups in total. The maximum Gasteiger partial charge on any atom is 0.416 e. The predicted octanol–water partition coefficient (Wildman–Crippen LogP) is 3.24. The van der Waals surface area contributed by atoms with Gasteiger partial charge < -0.3 is 9.73 Å². The van der Waals surface area contributed by atoms with E-state index in [4.69, 9.17) is 4.42 Å². The molecule has 0 unspecified atom stereocenters. The predicted molar refractivity (Wildman–Crippen MR) is 83.0 cm³/mol. The third kappa shape index (κ3) is 3.99. The topological polar surface area (TPSA) is 59.3 Å². The van der Waals surface area contributed by atoms with E-state index in [0.29, 0.717) is 30.0 Å². The van der Waals surface area contributed by atoms with E-state index < -0.39 is 21.6 Å². The molecule has 0 spiro atoms. The van der Waals surface area contributed by atoms with E-state index in [2.05, 4.69) is 5.32 Å². The summed E-state index contributed by atoms with van der Waals surface area (Å²) in [4.78, 5) is 0. The molecule has 0 amide bonds.